The highest BCUT2D eigenvalue weighted by atomic mass is 16.5. The lowest BCUT2D eigenvalue weighted by molar-refractivity contribution is -0.139. The predicted octanol–water partition coefficient (Wildman–Crippen LogP) is 2.95. The molecule has 2 atom stereocenters. The van der Waals surface area contributed by atoms with Gasteiger partial charge in [-0.2, -0.15) is 0 Å². The molecular formula is C15H18O4. The largest absolute Gasteiger partial charge is 0.482 e. The Morgan fingerprint density at radius 3 is 2.89 bits per heavy atom. The van der Waals surface area contributed by atoms with E-state index in [0.29, 0.717) is 5.75 Å². The molecule has 0 bridgehead atoms. The highest BCUT2D eigenvalue weighted by Gasteiger charge is 2.25. The van der Waals surface area contributed by atoms with Crippen molar-refractivity contribution in [2.75, 3.05) is 6.61 Å². The van der Waals surface area contributed by atoms with Gasteiger partial charge >= 0.3 is 5.97 Å². The Morgan fingerprint density at radius 2 is 2.21 bits per heavy atom. The summed E-state index contributed by atoms with van der Waals surface area (Å²) in [4.78, 5) is 10.6. The van der Waals surface area contributed by atoms with Crippen LogP contribution in [0.1, 0.15) is 31.4 Å². The lowest BCUT2D eigenvalue weighted by Gasteiger charge is -2.30. The van der Waals surface area contributed by atoms with E-state index >= 15 is 0 Å². The third-order valence-corrected chi connectivity index (χ3v) is 3.06. The second kappa shape index (κ2) is 5.89. The van der Waals surface area contributed by atoms with Crippen LogP contribution in [-0.2, 0) is 9.53 Å². The van der Waals surface area contributed by atoms with Crippen molar-refractivity contribution < 1.29 is 19.4 Å². The third kappa shape index (κ3) is 3.58. The fraction of sp³-hybridized carbons (Fsp3) is 0.400. The number of rotatable bonds is 4. The zero-order chi connectivity index (χ0) is 13.8. The molecule has 4 heteroatoms. The fourth-order valence-electron chi connectivity index (χ4n) is 2.33. The van der Waals surface area contributed by atoms with E-state index in [2.05, 4.69) is 6.58 Å². The van der Waals surface area contributed by atoms with E-state index in [4.69, 9.17) is 14.6 Å². The van der Waals surface area contributed by atoms with E-state index in [1.807, 2.05) is 25.1 Å². The van der Waals surface area contributed by atoms with E-state index in [1.54, 1.807) is 6.07 Å². The Hall–Kier alpha value is -1.81. The molecule has 0 radical (unpaired) electrons. The standard InChI is InChI=1S/C15H18O4/c1-10-7-11(2)19-14(8-10)12-5-3-4-6-13(12)18-9-15(16)17/h3-6,11,14H,1,7-9H2,2H3,(H,16,17)/t11-,14-/m0/s1. The number of hydrogen-bond donors (Lipinski definition) is 1. The Morgan fingerprint density at radius 1 is 1.47 bits per heavy atom. The van der Waals surface area contributed by atoms with Crippen LogP contribution in [0.25, 0.3) is 0 Å². The minimum atomic E-state index is -0.989. The number of benzene rings is 1. The molecule has 1 saturated heterocycles. The van der Waals surface area contributed by atoms with Gasteiger partial charge in [0.1, 0.15) is 5.75 Å². The summed E-state index contributed by atoms with van der Waals surface area (Å²) >= 11 is 0. The van der Waals surface area contributed by atoms with Gasteiger partial charge in [-0.25, -0.2) is 4.79 Å². The van der Waals surface area contributed by atoms with Crippen molar-refractivity contribution in [1.29, 1.82) is 0 Å². The zero-order valence-electron chi connectivity index (χ0n) is 11.0. The molecule has 0 saturated carbocycles. The van der Waals surface area contributed by atoms with Crippen LogP contribution in [0.4, 0.5) is 0 Å². The summed E-state index contributed by atoms with van der Waals surface area (Å²) in [7, 11) is 0. The molecule has 1 N–H and O–H groups in total. The van der Waals surface area contributed by atoms with Crippen molar-refractivity contribution >= 4 is 5.97 Å². The average molecular weight is 262 g/mol. The number of hydrogen-bond acceptors (Lipinski definition) is 3. The van der Waals surface area contributed by atoms with Crippen LogP contribution in [0.2, 0.25) is 0 Å². The van der Waals surface area contributed by atoms with Gasteiger partial charge in [0.15, 0.2) is 6.61 Å². The normalized spacial score (nSPS) is 23.1. The predicted molar refractivity (Wildman–Crippen MR) is 71.2 cm³/mol. The van der Waals surface area contributed by atoms with Gasteiger partial charge < -0.3 is 14.6 Å². The minimum Gasteiger partial charge on any atom is -0.482 e. The van der Waals surface area contributed by atoms with Gasteiger partial charge in [-0.3, -0.25) is 0 Å². The molecule has 0 aromatic heterocycles. The number of carbonyl (C=O) groups is 1. The molecule has 1 aliphatic heterocycles. The Balaban J connectivity index is 2.18. The molecule has 102 valence electrons. The average Bonchev–Trinajstić information content (AvgIpc) is 2.35. The van der Waals surface area contributed by atoms with E-state index in [0.717, 1.165) is 24.0 Å². The van der Waals surface area contributed by atoms with Gasteiger partial charge in [-0.05, 0) is 25.8 Å². The SMILES string of the molecule is C=C1C[C@@H](c2ccccc2OCC(=O)O)O[C@@H](C)C1. The number of aliphatic carboxylic acids is 1. The van der Waals surface area contributed by atoms with Crippen molar-refractivity contribution in [2.45, 2.75) is 32.0 Å². The summed E-state index contributed by atoms with van der Waals surface area (Å²) in [6.45, 7) is 5.69. The van der Waals surface area contributed by atoms with Crippen molar-refractivity contribution in [1.82, 2.24) is 0 Å². The molecule has 0 spiro atoms. The smallest absolute Gasteiger partial charge is 0.341 e. The molecular weight excluding hydrogens is 244 g/mol. The van der Waals surface area contributed by atoms with Crippen LogP contribution in [0, 0.1) is 0 Å². The van der Waals surface area contributed by atoms with E-state index in [-0.39, 0.29) is 18.8 Å². The fourth-order valence-corrected chi connectivity index (χ4v) is 2.33. The van der Waals surface area contributed by atoms with Crippen LogP contribution >= 0.6 is 0 Å². The summed E-state index contributed by atoms with van der Waals surface area (Å²) in [5.74, 6) is -0.422. The molecule has 1 aliphatic rings. The van der Waals surface area contributed by atoms with Crippen LogP contribution in [0.15, 0.2) is 36.4 Å². The maximum Gasteiger partial charge on any atom is 0.341 e. The van der Waals surface area contributed by atoms with Gasteiger partial charge in [0, 0.05) is 5.56 Å². The first-order chi connectivity index (χ1) is 9.06. The second-order valence-corrected chi connectivity index (χ2v) is 4.81. The van der Waals surface area contributed by atoms with Crippen LogP contribution in [0.5, 0.6) is 5.75 Å². The maximum absolute atomic E-state index is 10.6. The summed E-state index contributed by atoms with van der Waals surface area (Å²) < 4.78 is 11.2. The second-order valence-electron chi connectivity index (χ2n) is 4.81. The van der Waals surface area contributed by atoms with Gasteiger partial charge in [-0.15, -0.1) is 0 Å². The van der Waals surface area contributed by atoms with Crippen molar-refractivity contribution in [3.05, 3.63) is 42.0 Å². The topological polar surface area (TPSA) is 55.8 Å². The van der Waals surface area contributed by atoms with Crippen molar-refractivity contribution in [2.24, 2.45) is 0 Å². The van der Waals surface area contributed by atoms with Gasteiger partial charge in [-0.1, -0.05) is 30.4 Å². The summed E-state index contributed by atoms with van der Waals surface area (Å²) in [6, 6.07) is 7.40. The summed E-state index contributed by atoms with van der Waals surface area (Å²) in [5.41, 5.74) is 2.04. The molecule has 19 heavy (non-hydrogen) atoms. The Bertz CT molecular complexity index is 481. The van der Waals surface area contributed by atoms with E-state index < -0.39 is 5.97 Å². The maximum atomic E-state index is 10.6. The first-order valence-electron chi connectivity index (χ1n) is 6.32. The third-order valence-electron chi connectivity index (χ3n) is 3.06. The molecule has 1 aromatic carbocycles. The highest BCUT2D eigenvalue weighted by Crippen LogP contribution is 2.37. The molecule has 1 fully saturated rings. The molecule has 2 rings (SSSR count). The van der Waals surface area contributed by atoms with Crippen molar-refractivity contribution in [3.63, 3.8) is 0 Å². The monoisotopic (exact) mass is 262 g/mol. The number of carboxylic acid groups (broad SMARTS) is 1. The van der Waals surface area contributed by atoms with Gasteiger partial charge in [0.25, 0.3) is 0 Å². The summed E-state index contributed by atoms with van der Waals surface area (Å²) in [6.07, 6.45) is 1.63. The minimum absolute atomic E-state index is 0.110. The molecule has 1 heterocycles. The Labute approximate surface area is 112 Å². The van der Waals surface area contributed by atoms with E-state index in [9.17, 15) is 4.79 Å². The first kappa shape index (κ1) is 13.6. The quantitative estimate of drug-likeness (QED) is 0.848. The van der Waals surface area contributed by atoms with Crippen molar-refractivity contribution in [3.8, 4) is 5.75 Å². The Kier molecular flexibility index (Phi) is 4.22. The number of carboxylic acids is 1. The molecule has 0 unspecified atom stereocenters. The molecule has 1 aromatic rings. The van der Waals surface area contributed by atoms with E-state index in [1.165, 1.54) is 0 Å². The molecule has 0 amide bonds. The van der Waals surface area contributed by atoms with Crippen LogP contribution < -0.4 is 4.74 Å². The number of para-hydroxylation sites is 1. The lowest BCUT2D eigenvalue weighted by Crippen LogP contribution is -2.21. The number of ether oxygens (including phenoxy) is 2. The molecule has 4 nitrogen and oxygen atoms in total. The lowest BCUT2D eigenvalue weighted by atomic mass is 9.95. The van der Waals surface area contributed by atoms with Gasteiger partial charge in [0.2, 0.25) is 0 Å². The van der Waals surface area contributed by atoms with Gasteiger partial charge in [0.05, 0.1) is 12.2 Å². The van der Waals surface area contributed by atoms with Crippen LogP contribution in [0.3, 0.4) is 0 Å². The highest BCUT2D eigenvalue weighted by molar-refractivity contribution is 5.68. The first-order valence-corrected chi connectivity index (χ1v) is 6.32. The summed E-state index contributed by atoms with van der Waals surface area (Å²) in [5, 5.41) is 8.69. The zero-order valence-corrected chi connectivity index (χ0v) is 11.0. The van der Waals surface area contributed by atoms with Crippen LogP contribution in [-0.4, -0.2) is 23.8 Å². The molecule has 0 aliphatic carbocycles.